The molecule has 21 heavy (non-hydrogen) atoms. The largest absolute Gasteiger partial charge is 0.345 e. The first-order chi connectivity index (χ1) is 10.2. The van der Waals surface area contributed by atoms with Crippen molar-refractivity contribution in [2.75, 3.05) is 18.0 Å². The Morgan fingerprint density at radius 1 is 1.24 bits per heavy atom. The van der Waals surface area contributed by atoms with E-state index in [2.05, 4.69) is 37.9 Å². The minimum Gasteiger partial charge on any atom is -0.345 e. The average molecular weight is 310 g/mol. The second-order valence-corrected chi connectivity index (χ2v) is 7.54. The highest BCUT2D eigenvalue weighted by atomic mass is 32.1. The van der Waals surface area contributed by atoms with Crippen molar-refractivity contribution in [1.82, 2.24) is 10.3 Å². The second-order valence-electron chi connectivity index (χ2n) is 6.48. The molecule has 0 aliphatic carbocycles. The van der Waals surface area contributed by atoms with Crippen molar-refractivity contribution in [2.45, 2.75) is 72.4 Å². The molecule has 0 amide bonds. The van der Waals surface area contributed by atoms with Gasteiger partial charge in [0, 0.05) is 24.0 Å². The number of aryl methyl sites for hydroxylation is 1. The Hall–Kier alpha value is -0.610. The highest BCUT2D eigenvalue weighted by molar-refractivity contribution is 7.15. The van der Waals surface area contributed by atoms with Crippen LogP contribution >= 0.6 is 11.3 Å². The number of anilines is 1. The molecular weight excluding hydrogens is 278 g/mol. The normalized spacial score (nSPS) is 22.8. The number of hydrogen-bond donors (Lipinski definition) is 1. The molecular formula is C17H31N3S. The van der Waals surface area contributed by atoms with E-state index < -0.39 is 0 Å². The highest BCUT2D eigenvalue weighted by Crippen LogP contribution is 2.33. The van der Waals surface area contributed by atoms with Gasteiger partial charge >= 0.3 is 0 Å². The van der Waals surface area contributed by atoms with Gasteiger partial charge in [0.2, 0.25) is 0 Å². The van der Waals surface area contributed by atoms with Gasteiger partial charge in [0.15, 0.2) is 5.13 Å². The summed E-state index contributed by atoms with van der Waals surface area (Å²) in [6.07, 6.45) is 6.13. The lowest BCUT2D eigenvalue weighted by molar-refractivity contribution is 0.390. The molecule has 1 aromatic heterocycles. The number of nitrogens with zero attached hydrogens (tertiary/aromatic N) is 2. The molecule has 0 saturated carbocycles. The van der Waals surface area contributed by atoms with Crippen LogP contribution in [-0.2, 0) is 13.0 Å². The maximum atomic E-state index is 4.99. The van der Waals surface area contributed by atoms with Crippen molar-refractivity contribution in [3.05, 3.63) is 10.6 Å². The van der Waals surface area contributed by atoms with E-state index in [9.17, 15) is 0 Å². The second kappa shape index (κ2) is 8.14. The molecule has 120 valence electrons. The SMILES string of the molecule is CCCNCc1sc(N2CC(C)CCC2C)nc1CCC. The molecule has 2 heterocycles. The topological polar surface area (TPSA) is 28.2 Å². The summed E-state index contributed by atoms with van der Waals surface area (Å²) >= 11 is 1.91. The van der Waals surface area contributed by atoms with Gasteiger partial charge < -0.3 is 10.2 Å². The van der Waals surface area contributed by atoms with E-state index >= 15 is 0 Å². The summed E-state index contributed by atoms with van der Waals surface area (Å²) in [6, 6.07) is 0.637. The van der Waals surface area contributed by atoms with E-state index in [0.717, 1.165) is 25.4 Å². The number of thiazole rings is 1. The van der Waals surface area contributed by atoms with Crippen molar-refractivity contribution in [1.29, 1.82) is 0 Å². The lowest BCUT2D eigenvalue weighted by atomic mass is 9.96. The standard InChI is InChI=1S/C17H31N3S/c1-5-7-15-16(11-18-10-6-2)21-17(19-15)20-12-13(3)8-9-14(20)4/h13-14,18H,5-12H2,1-4H3. The Balaban J connectivity index is 2.13. The summed E-state index contributed by atoms with van der Waals surface area (Å²) < 4.78 is 0. The van der Waals surface area contributed by atoms with Crippen LogP contribution in [0.4, 0.5) is 5.13 Å². The van der Waals surface area contributed by atoms with E-state index in [1.54, 1.807) is 0 Å². The van der Waals surface area contributed by atoms with Gasteiger partial charge in [-0.3, -0.25) is 0 Å². The summed E-state index contributed by atoms with van der Waals surface area (Å²) in [6.45, 7) is 12.4. The summed E-state index contributed by atoms with van der Waals surface area (Å²) in [5.41, 5.74) is 1.33. The number of rotatable bonds is 7. The zero-order valence-corrected chi connectivity index (χ0v) is 14.9. The lowest BCUT2D eigenvalue weighted by Gasteiger charge is -2.36. The molecule has 1 fully saturated rings. The first kappa shape index (κ1) is 16.8. The molecule has 3 nitrogen and oxygen atoms in total. The molecule has 1 aliphatic rings. The minimum absolute atomic E-state index is 0.637. The van der Waals surface area contributed by atoms with Crippen LogP contribution in [0.1, 0.15) is 63.9 Å². The average Bonchev–Trinajstić information content (AvgIpc) is 2.85. The lowest BCUT2D eigenvalue weighted by Crippen LogP contribution is -2.41. The molecule has 0 spiro atoms. The van der Waals surface area contributed by atoms with Gasteiger partial charge in [-0.2, -0.15) is 0 Å². The molecule has 4 heteroatoms. The van der Waals surface area contributed by atoms with Gasteiger partial charge in [-0.05, 0) is 45.1 Å². The molecule has 2 rings (SSSR count). The molecule has 2 unspecified atom stereocenters. The Morgan fingerprint density at radius 3 is 2.76 bits per heavy atom. The zero-order chi connectivity index (χ0) is 15.2. The highest BCUT2D eigenvalue weighted by Gasteiger charge is 2.26. The Morgan fingerprint density at radius 2 is 2.05 bits per heavy atom. The number of aromatic nitrogens is 1. The first-order valence-corrected chi connectivity index (χ1v) is 9.43. The summed E-state index contributed by atoms with van der Waals surface area (Å²) in [4.78, 5) is 8.98. The molecule has 1 aliphatic heterocycles. The number of hydrogen-bond acceptors (Lipinski definition) is 4. The molecule has 0 bridgehead atoms. The summed E-state index contributed by atoms with van der Waals surface area (Å²) in [7, 11) is 0. The summed E-state index contributed by atoms with van der Waals surface area (Å²) in [5, 5.41) is 4.79. The predicted molar refractivity (Wildman–Crippen MR) is 93.3 cm³/mol. The van der Waals surface area contributed by atoms with Crippen molar-refractivity contribution in [3.63, 3.8) is 0 Å². The minimum atomic E-state index is 0.637. The van der Waals surface area contributed by atoms with Gasteiger partial charge in [-0.15, -0.1) is 11.3 Å². The van der Waals surface area contributed by atoms with Crippen molar-refractivity contribution >= 4 is 16.5 Å². The van der Waals surface area contributed by atoms with E-state index in [4.69, 9.17) is 4.98 Å². The fourth-order valence-corrected chi connectivity index (χ4v) is 4.18. The Bertz CT molecular complexity index is 430. The third-order valence-electron chi connectivity index (χ3n) is 4.33. The van der Waals surface area contributed by atoms with Gasteiger partial charge in [0.25, 0.3) is 0 Å². The Labute approximate surface area is 134 Å². The zero-order valence-electron chi connectivity index (χ0n) is 14.1. The van der Waals surface area contributed by atoms with Crippen LogP contribution in [0.15, 0.2) is 0 Å². The van der Waals surface area contributed by atoms with Gasteiger partial charge in [-0.25, -0.2) is 4.98 Å². The molecule has 2 atom stereocenters. The van der Waals surface area contributed by atoms with Crippen molar-refractivity contribution in [3.8, 4) is 0 Å². The third-order valence-corrected chi connectivity index (χ3v) is 5.46. The number of nitrogens with one attached hydrogen (secondary N) is 1. The molecule has 0 radical (unpaired) electrons. The fraction of sp³-hybridized carbons (Fsp3) is 0.824. The molecule has 1 N–H and O–H groups in total. The Kier molecular flexibility index (Phi) is 6.49. The number of piperidine rings is 1. The fourth-order valence-electron chi connectivity index (χ4n) is 3.00. The first-order valence-electron chi connectivity index (χ1n) is 8.61. The third kappa shape index (κ3) is 4.43. The van der Waals surface area contributed by atoms with E-state index in [1.807, 2.05) is 11.3 Å². The van der Waals surface area contributed by atoms with Crippen LogP contribution in [0.25, 0.3) is 0 Å². The maximum absolute atomic E-state index is 4.99. The van der Waals surface area contributed by atoms with Crippen LogP contribution in [0.3, 0.4) is 0 Å². The van der Waals surface area contributed by atoms with Gasteiger partial charge in [-0.1, -0.05) is 27.2 Å². The van der Waals surface area contributed by atoms with E-state index in [-0.39, 0.29) is 0 Å². The smallest absolute Gasteiger partial charge is 0.186 e. The van der Waals surface area contributed by atoms with Crippen LogP contribution in [0.5, 0.6) is 0 Å². The van der Waals surface area contributed by atoms with Crippen LogP contribution in [0, 0.1) is 5.92 Å². The molecule has 1 saturated heterocycles. The van der Waals surface area contributed by atoms with E-state index in [1.165, 1.54) is 47.9 Å². The molecule has 1 aromatic rings. The van der Waals surface area contributed by atoms with Crippen LogP contribution in [0.2, 0.25) is 0 Å². The predicted octanol–water partition coefficient (Wildman–Crippen LogP) is 4.22. The van der Waals surface area contributed by atoms with E-state index in [0.29, 0.717) is 6.04 Å². The maximum Gasteiger partial charge on any atom is 0.186 e. The van der Waals surface area contributed by atoms with Gasteiger partial charge in [0.1, 0.15) is 0 Å². The van der Waals surface area contributed by atoms with Crippen LogP contribution in [-0.4, -0.2) is 24.1 Å². The van der Waals surface area contributed by atoms with Crippen LogP contribution < -0.4 is 10.2 Å². The van der Waals surface area contributed by atoms with Gasteiger partial charge in [0.05, 0.1) is 5.69 Å². The van der Waals surface area contributed by atoms with Crippen molar-refractivity contribution in [2.24, 2.45) is 5.92 Å². The molecule has 0 aromatic carbocycles. The monoisotopic (exact) mass is 309 g/mol. The summed E-state index contributed by atoms with van der Waals surface area (Å²) in [5.74, 6) is 0.793. The quantitative estimate of drug-likeness (QED) is 0.764. The van der Waals surface area contributed by atoms with Crippen molar-refractivity contribution < 1.29 is 0 Å².